The molecule has 0 fully saturated rings. The number of H-pyrrole nitrogens is 1. The third-order valence-electron chi connectivity index (χ3n) is 3.39. The van der Waals surface area contributed by atoms with E-state index in [4.69, 9.17) is 0 Å². The number of carbonyl (C=O) groups excluding carboxylic acids is 1. The standard InChI is InChI=1S/C16H14FN5O2/c17-12-3-1-11(2-4-12)13-9-14(21-20-13)16(24)19-7-8-22-10-18-6-5-15(22)23/h1-6,9-10H,7-8H2,(H,19,24)(H,20,21). The van der Waals surface area contributed by atoms with Crippen molar-refractivity contribution < 1.29 is 9.18 Å². The molecule has 24 heavy (non-hydrogen) atoms. The fourth-order valence-electron chi connectivity index (χ4n) is 2.14. The molecule has 0 aliphatic heterocycles. The molecule has 1 aromatic carbocycles. The summed E-state index contributed by atoms with van der Waals surface area (Å²) in [5, 5.41) is 9.38. The molecule has 0 saturated carbocycles. The van der Waals surface area contributed by atoms with Crippen molar-refractivity contribution in [1.82, 2.24) is 25.1 Å². The molecule has 0 unspecified atom stereocenters. The number of aromatic nitrogens is 4. The lowest BCUT2D eigenvalue weighted by molar-refractivity contribution is 0.0947. The summed E-state index contributed by atoms with van der Waals surface area (Å²) >= 11 is 0. The molecule has 3 rings (SSSR count). The van der Waals surface area contributed by atoms with Gasteiger partial charge in [-0.25, -0.2) is 9.37 Å². The smallest absolute Gasteiger partial charge is 0.269 e. The third-order valence-corrected chi connectivity index (χ3v) is 3.39. The molecular formula is C16H14FN5O2. The van der Waals surface area contributed by atoms with Crippen molar-refractivity contribution in [2.75, 3.05) is 6.54 Å². The van der Waals surface area contributed by atoms with E-state index in [9.17, 15) is 14.0 Å². The number of aromatic amines is 1. The van der Waals surface area contributed by atoms with Crippen LogP contribution in [0.15, 0.2) is 53.7 Å². The summed E-state index contributed by atoms with van der Waals surface area (Å²) in [5.74, 6) is -0.675. The number of halogens is 1. The minimum absolute atomic E-state index is 0.181. The van der Waals surface area contributed by atoms with Gasteiger partial charge in [0.05, 0.1) is 12.0 Å². The van der Waals surface area contributed by atoms with Gasteiger partial charge in [-0.05, 0) is 30.3 Å². The van der Waals surface area contributed by atoms with Crippen LogP contribution in [-0.2, 0) is 6.54 Å². The predicted octanol–water partition coefficient (Wildman–Crippen LogP) is 1.20. The minimum atomic E-state index is -0.340. The molecule has 0 aliphatic rings. The average molecular weight is 327 g/mol. The number of amides is 1. The Morgan fingerprint density at radius 3 is 2.79 bits per heavy atom. The maximum absolute atomic E-state index is 12.9. The van der Waals surface area contributed by atoms with Crippen LogP contribution < -0.4 is 10.9 Å². The Morgan fingerprint density at radius 2 is 2.04 bits per heavy atom. The van der Waals surface area contributed by atoms with Crippen LogP contribution in [0.2, 0.25) is 0 Å². The van der Waals surface area contributed by atoms with E-state index in [0.717, 1.165) is 0 Å². The van der Waals surface area contributed by atoms with Crippen molar-refractivity contribution in [3.63, 3.8) is 0 Å². The second-order valence-corrected chi connectivity index (χ2v) is 5.04. The zero-order valence-electron chi connectivity index (χ0n) is 12.6. The van der Waals surface area contributed by atoms with Crippen molar-refractivity contribution in [1.29, 1.82) is 0 Å². The van der Waals surface area contributed by atoms with Crippen LogP contribution in [-0.4, -0.2) is 32.2 Å². The van der Waals surface area contributed by atoms with Crippen molar-refractivity contribution in [3.8, 4) is 11.3 Å². The van der Waals surface area contributed by atoms with E-state index in [-0.39, 0.29) is 29.5 Å². The number of hydrogen-bond acceptors (Lipinski definition) is 4. The highest BCUT2D eigenvalue weighted by Gasteiger charge is 2.10. The van der Waals surface area contributed by atoms with Crippen LogP contribution in [0.5, 0.6) is 0 Å². The topological polar surface area (TPSA) is 92.7 Å². The molecule has 1 amide bonds. The molecule has 0 spiro atoms. The Hall–Kier alpha value is -3.29. The zero-order chi connectivity index (χ0) is 16.9. The molecule has 0 bridgehead atoms. The number of benzene rings is 1. The number of carbonyl (C=O) groups is 1. The lowest BCUT2D eigenvalue weighted by atomic mass is 10.1. The molecule has 0 saturated heterocycles. The summed E-state index contributed by atoms with van der Waals surface area (Å²) in [6.07, 6.45) is 2.83. The Bertz CT molecular complexity index is 901. The third kappa shape index (κ3) is 3.54. The van der Waals surface area contributed by atoms with E-state index in [1.165, 1.54) is 35.3 Å². The Balaban J connectivity index is 1.61. The normalized spacial score (nSPS) is 10.5. The van der Waals surface area contributed by atoms with Crippen LogP contribution in [0.3, 0.4) is 0 Å². The van der Waals surface area contributed by atoms with Crippen LogP contribution in [0.25, 0.3) is 11.3 Å². The van der Waals surface area contributed by atoms with Gasteiger partial charge >= 0.3 is 0 Å². The van der Waals surface area contributed by atoms with Gasteiger partial charge in [-0.3, -0.25) is 19.3 Å². The Kier molecular flexibility index (Phi) is 4.46. The quantitative estimate of drug-likeness (QED) is 0.736. The van der Waals surface area contributed by atoms with Gasteiger partial charge in [-0.2, -0.15) is 5.10 Å². The van der Waals surface area contributed by atoms with E-state index < -0.39 is 0 Å². The number of nitrogens with one attached hydrogen (secondary N) is 2. The molecule has 0 aliphatic carbocycles. The molecule has 2 heterocycles. The van der Waals surface area contributed by atoms with Gasteiger partial charge in [0.15, 0.2) is 0 Å². The highest BCUT2D eigenvalue weighted by molar-refractivity contribution is 5.93. The minimum Gasteiger partial charge on any atom is -0.349 e. The van der Waals surface area contributed by atoms with Crippen molar-refractivity contribution >= 4 is 5.91 Å². The van der Waals surface area contributed by atoms with E-state index in [1.807, 2.05) is 0 Å². The van der Waals surface area contributed by atoms with Gasteiger partial charge in [-0.15, -0.1) is 0 Å². The molecule has 3 aromatic rings. The zero-order valence-corrected chi connectivity index (χ0v) is 12.6. The summed E-state index contributed by atoms with van der Waals surface area (Å²) in [6.45, 7) is 0.590. The Morgan fingerprint density at radius 1 is 1.25 bits per heavy atom. The summed E-state index contributed by atoms with van der Waals surface area (Å²) < 4.78 is 14.3. The fourth-order valence-corrected chi connectivity index (χ4v) is 2.14. The molecular weight excluding hydrogens is 313 g/mol. The summed E-state index contributed by atoms with van der Waals surface area (Å²) in [4.78, 5) is 27.4. The van der Waals surface area contributed by atoms with Gasteiger partial charge in [0.2, 0.25) is 0 Å². The lowest BCUT2D eigenvalue weighted by Crippen LogP contribution is -2.30. The highest BCUT2D eigenvalue weighted by atomic mass is 19.1. The van der Waals surface area contributed by atoms with Gasteiger partial charge in [0, 0.05) is 30.9 Å². The summed E-state index contributed by atoms with van der Waals surface area (Å²) in [6, 6.07) is 8.76. The van der Waals surface area contributed by atoms with E-state index in [0.29, 0.717) is 17.8 Å². The second kappa shape index (κ2) is 6.86. The highest BCUT2D eigenvalue weighted by Crippen LogP contribution is 2.17. The van der Waals surface area contributed by atoms with Gasteiger partial charge in [0.25, 0.3) is 11.5 Å². The van der Waals surface area contributed by atoms with E-state index in [2.05, 4.69) is 20.5 Å². The van der Waals surface area contributed by atoms with E-state index in [1.54, 1.807) is 18.2 Å². The largest absolute Gasteiger partial charge is 0.349 e. The van der Waals surface area contributed by atoms with Gasteiger partial charge in [-0.1, -0.05) is 0 Å². The molecule has 122 valence electrons. The van der Waals surface area contributed by atoms with Crippen molar-refractivity contribution in [3.05, 3.63) is 70.8 Å². The maximum Gasteiger partial charge on any atom is 0.269 e. The van der Waals surface area contributed by atoms with Gasteiger partial charge in [0.1, 0.15) is 11.5 Å². The van der Waals surface area contributed by atoms with Crippen molar-refractivity contribution in [2.24, 2.45) is 0 Å². The predicted molar refractivity (Wildman–Crippen MR) is 84.8 cm³/mol. The molecule has 8 heteroatoms. The molecule has 0 atom stereocenters. The van der Waals surface area contributed by atoms with E-state index >= 15 is 0 Å². The average Bonchev–Trinajstić information content (AvgIpc) is 3.07. The monoisotopic (exact) mass is 327 g/mol. The maximum atomic E-state index is 12.9. The Labute approximate surface area is 136 Å². The van der Waals surface area contributed by atoms with Crippen LogP contribution in [0, 0.1) is 5.82 Å². The summed E-state index contributed by atoms with van der Waals surface area (Å²) in [7, 11) is 0. The van der Waals surface area contributed by atoms with Crippen molar-refractivity contribution in [2.45, 2.75) is 6.54 Å². The second-order valence-electron chi connectivity index (χ2n) is 5.04. The molecule has 2 N–H and O–H groups in total. The number of nitrogens with zero attached hydrogens (tertiary/aromatic N) is 3. The lowest BCUT2D eigenvalue weighted by Gasteiger charge is -2.05. The molecule has 0 radical (unpaired) electrons. The first-order valence-corrected chi connectivity index (χ1v) is 7.23. The first kappa shape index (κ1) is 15.6. The van der Waals surface area contributed by atoms with Crippen LogP contribution in [0.1, 0.15) is 10.5 Å². The molecule has 7 nitrogen and oxygen atoms in total. The summed E-state index contributed by atoms with van der Waals surface area (Å²) in [5.41, 5.74) is 1.35. The molecule has 2 aromatic heterocycles. The fraction of sp³-hybridized carbons (Fsp3) is 0.125. The number of rotatable bonds is 5. The first-order valence-electron chi connectivity index (χ1n) is 7.23. The first-order chi connectivity index (χ1) is 11.6. The van der Waals surface area contributed by atoms with Gasteiger partial charge < -0.3 is 5.32 Å². The SMILES string of the molecule is O=C(NCCn1cnccc1=O)c1cc(-c2ccc(F)cc2)n[nH]1. The van der Waals surface area contributed by atoms with Crippen LogP contribution in [0.4, 0.5) is 4.39 Å². The van der Waals surface area contributed by atoms with Crippen LogP contribution >= 0.6 is 0 Å². The number of hydrogen-bond donors (Lipinski definition) is 2.